The molecule has 0 aliphatic rings. The number of carbonyl (C=O) groups is 1. The van der Waals surface area contributed by atoms with Gasteiger partial charge in [0.05, 0.1) is 22.7 Å². The smallest absolute Gasteiger partial charge is 0.252 e. The minimum absolute atomic E-state index is 0.0565. The summed E-state index contributed by atoms with van der Waals surface area (Å²) in [6, 6.07) is 19.6. The van der Waals surface area contributed by atoms with Crippen LogP contribution >= 0.6 is 11.8 Å². The van der Waals surface area contributed by atoms with Crippen molar-refractivity contribution in [2.24, 2.45) is 0 Å². The summed E-state index contributed by atoms with van der Waals surface area (Å²) in [6.45, 7) is 0. The number of rotatable bonds is 5. The van der Waals surface area contributed by atoms with E-state index in [9.17, 15) is 9.59 Å². The Morgan fingerprint density at radius 1 is 1.15 bits per heavy atom. The molecule has 0 unspecified atom stereocenters. The van der Waals surface area contributed by atoms with Gasteiger partial charge < -0.3 is 10.3 Å². The largest absolute Gasteiger partial charge is 0.324 e. The standard InChI is InChI=1S/C19H14N4O2S/c20-11-14-8-4-5-9-15(14)21-18(25)12-26-19-22-16(10-17(24)23-19)13-6-2-1-3-7-13/h1-10H,12H2,(H,21,25)(H,22,23,24). The van der Waals surface area contributed by atoms with E-state index in [4.69, 9.17) is 5.26 Å². The van der Waals surface area contributed by atoms with Crippen LogP contribution in [0.4, 0.5) is 5.69 Å². The molecule has 1 amide bonds. The third-order valence-electron chi connectivity index (χ3n) is 3.45. The second-order valence-corrected chi connectivity index (χ2v) is 6.26. The second kappa shape index (κ2) is 8.14. The molecule has 0 saturated heterocycles. The number of anilines is 1. The zero-order chi connectivity index (χ0) is 18.4. The highest BCUT2D eigenvalue weighted by Crippen LogP contribution is 2.19. The highest BCUT2D eigenvalue weighted by Gasteiger charge is 2.09. The normalized spacial score (nSPS) is 10.1. The first-order valence-corrected chi connectivity index (χ1v) is 8.73. The number of para-hydroxylation sites is 1. The van der Waals surface area contributed by atoms with E-state index in [1.807, 2.05) is 36.4 Å². The topological polar surface area (TPSA) is 98.6 Å². The number of hydrogen-bond donors (Lipinski definition) is 2. The maximum absolute atomic E-state index is 12.1. The average molecular weight is 362 g/mol. The van der Waals surface area contributed by atoms with Crippen LogP contribution in [0.1, 0.15) is 5.56 Å². The fourth-order valence-electron chi connectivity index (χ4n) is 2.27. The maximum atomic E-state index is 12.1. The maximum Gasteiger partial charge on any atom is 0.252 e. The first kappa shape index (κ1) is 17.5. The van der Waals surface area contributed by atoms with Crippen LogP contribution in [0.2, 0.25) is 0 Å². The number of nitrogens with one attached hydrogen (secondary N) is 2. The van der Waals surface area contributed by atoms with Crippen molar-refractivity contribution in [3.05, 3.63) is 76.6 Å². The molecule has 0 fully saturated rings. The molecule has 0 saturated carbocycles. The highest BCUT2D eigenvalue weighted by atomic mass is 32.2. The lowest BCUT2D eigenvalue weighted by Gasteiger charge is -2.07. The van der Waals surface area contributed by atoms with Crippen molar-refractivity contribution < 1.29 is 4.79 Å². The molecule has 2 aromatic carbocycles. The van der Waals surface area contributed by atoms with Crippen molar-refractivity contribution in [2.75, 3.05) is 11.1 Å². The summed E-state index contributed by atoms with van der Waals surface area (Å²) in [6.07, 6.45) is 0. The fourth-order valence-corrected chi connectivity index (χ4v) is 2.95. The van der Waals surface area contributed by atoms with Crippen molar-refractivity contribution >= 4 is 23.4 Å². The van der Waals surface area contributed by atoms with E-state index in [-0.39, 0.29) is 17.2 Å². The zero-order valence-electron chi connectivity index (χ0n) is 13.6. The summed E-state index contributed by atoms with van der Waals surface area (Å²) in [7, 11) is 0. The van der Waals surface area contributed by atoms with Crippen LogP contribution in [-0.2, 0) is 4.79 Å². The molecule has 0 aliphatic carbocycles. The summed E-state index contributed by atoms with van der Waals surface area (Å²) in [5, 5.41) is 12.1. The highest BCUT2D eigenvalue weighted by molar-refractivity contribution is 7.99. The SMILES string of the molecule is N#Cc1ccccc1NC(=O)CSc1nc(-c2ccccc2)cc(=O)[nH]1. The summed E-state index contributed by atoms with van der Waals surface area (Å²) >= 11 is 1.12. The Bertz CT molecular complexity index is 1030. The van der Waals surface area contributed by atoms with Gasteiger partial charge in [0.2, 0.25) is 5.91 Å². The molecule has 0 bridgehead atoms. The summed E-state index contributed by atoms with van der Waals surface area (Å²) in [4.78, 5) is 31.0. The molecule has 128 valence electrons. The summed E-state index contributed by atoms with van der Waals surface area (Å²) in [5.74, 6) is -0.230. The molecular formula is C19H14N4O2S. The number of amides is 1. The molecule has 0 radical (unpaired) electrons. The number of H-pyrrole nitrogens is 1. The molecule has 1 aromatic heterocycles. The van der Waals surface area contributed by atoms with Gasteiger partial charge in [-0.15, -0.1) is 0 Å². The average Bonchev–Trinajstić information content (AvgIpc) is 2.67. The zero-order valence-corrected chi connectivity index (χ0v) is 14.4. The Morgan fingerprint density at radius 2 is 1.88 bits per heavy atom. The first-order chi connectivity index (χ1) is 12.7. The molecule has 2 N–H and O–H groups in total. The third-order valence-corrected chi connectivity index (χ3v) is 4.32. The van der Waals surface area contributed by atoms with Gasteiger partial charge in [0.1, 0.15) is 6.07 Å². The van der Waals surface area contributed by atoms with Gasteiger partial charge in [0.25, 0.3) is 5.56 Å². The number of benzene rings is 2. The second-order valence-electron chi connectivity index (χ2n) is 5.30. The molecule has 0 atom stereocenters. The molecule has 3 rings (SSSR count). The van der Waals surface area contributed by atoms with Crippen LogP contribution in [-0.4, -0.2) is 21.6 Å². The minimum Gasteiger partial charge on any atom is -0.324 e. The number of carbonyl (C=O) groups excluding carboxylic acids is 1. The lowest BCUT2D eigenvalue weighted by Crippen LogP contribution is -2.16. The van der Waals surface area contributed by atoms with Gasteiger partial charge >= 0.3 is 0 Å². The van der Waals surface area contributed by atoms with Gasteiger partial charge in [-0.2, -0.15) is 5.26 Å². The fraction of sp³-hybridized carbons (Fsp3) is 0.0526. The van der Waals surface area contributed by atoms with Gasteiger partial charge in [-0.25, -0.2) is 4.98 Å². The monoisotopic (exact) mass is 362 g/mol. The lowest BCUT2D eigenvalue weighted by atomic mass is 10.1. The van der Waals surface area contributed by atoms with Gasteiger partial charge in [0.15, 0.2) is 5.16 Å². The Labute approximate surface area is 153 Å². The molecule has 0 spiro atoms. The van der Waals surface area contributed by atoms with Crippen molar-refractivity contribution in [3.63, 3.8) is 0 Å². The first-order valence-electron chi connectivity index (χ1n) is 7.74. The number of aromatic amines is 1. The molecule has 3 aromatic rings. The van der Waals surface area contributed by atoms with E-state index in [2.05, 4.69) is 15.3 Å². The van der Waals surface area contributed by atoms with Gasteiger partial charge in [-0.1, -0.05) is 54.2 Å². The predicted octanol–water partition coefficient (Wildman–Crippen LogP) is 3.04. The number of hydrogen-bond acceptors (Lipinski definition) is 5. The van der Waals surface area contributed by atoms with Crippen molar-refractivity contribution in [1.82, 2.24) is 9.97 Å². The molecular weight excluding hydrogens is 348 g/mol. The number of aromatic nitrogens is 2. The molecule has 26 heavy (non-hydrogen) atoms. The third kappa shape index (κ3) is 4.37. The van der Waals surface area contributed by atoms with Crippen LogP contribution in [0.25, 0.3) is 11.3 Å². The number of thioether (sulfide) groups is 1. The number of nitrogens with zero attached hydrogens (tertiary/aromatic N) is 2. The Balaban J connectivity index is 1.70. The van der Waals surface area contributed by atoms with E-state index < -0.39 is 0 Å². The van der Waals surface area contributed by atoms with Gasteiger partial charge in [-0.05, 0) is 12.1 Å². The van der Waals surface area contributed by atoms with Gasteiger partial charge in [-0.3, -0.25) is 9.59 Å². The Hall–Kier alpha value is -3.37. The quantitative estimate of drug-likeness (QED) is 0.537. The number of nitriles is 1. The lowest BCUT2D eigenvalue weighted by molar-refractivity contribution is -0.113. The molecule has 0 aliphatic heterocycles. The Morgan fingerprint density at radius 3 is 2.65 bits per heavy atom. The van der Waals surface area contributed by atoms with E-state index in [0.29, 0.717) is 22.1 Å². The van der Waals surface area contributed by atoms with Gasteiger partial charge in [0, 0.05) is 11.6 Å². The van der Waals surface area contributed by atoms with Crippen LogP contribution in [0, 0.1) is 11.3 Å². The predicted molar refractivity (Wildman–Crippen MR) is 101 cm³/mol. The van der Waals surface area contributed by atoms with E-state index in [1.165, 1.54) is 6.07 Å². The van der Waals surface area contributed by atoms with Crippen molar-refractivity contribution in [2.45, 2.75) is 5.16 Å². The van der Waals surface area contributed by atoms with Crippen molar-refractivity contribution in [1.29, 1.82) is 5.26 Å². The molecule has 6 nitrogen and oxygen atoms in total. The Kier molecular flexibility index (Phi) is 5.46. The van der Waals surface area contributed by atoms with E-state index >= 15 is 0 Å². The van der Waals surface area contributed by atoms with Crippen LogP contribution in [0.5, 0.6) is 0 Å². The van der Waals surface area contributed by atoms with E-state index in [1.54, 1.807) is 24.3 Å². The molecule has 1 heterocycles. The summed E-state index contributed by atoms with van der Waals surface area (Å²) in [5.41, 5.74) is 1.94. The van der Waals surface area contributed by atoms with Crippen molar-refractivity contribution in [3.8, 4) is 17.3 Å². The van der Waals surface area contributed by atoms with E-state index in [0.717, 1.165) is 17.3 Å². The molecule has 7 heteroatoms. The van der Waals surface area contributed by atoms with Crippen LogP contribution in [0.15, 0.2) is 70.6 Å². The van der Waals surface area contributed by atoms with Crippen LogP contribution < -0.4 is 10.9 Å². The van der Waals surface area contributed by atoms with Crippen LogP contribution in [0.3, 0.4) is 0 Å². The summed E-state index contributed by atoms with van der Waals surface area (Å²) < 4.78 is 0. The minimum atomic E-state index is -0.287.